The first-order valence-corrected chi connectivity index (χ1v) is 8.92. The number of rotatable bonds is 5. The molecule has 0 atom stereocenters. The molecule has 0 aromatic heterocycles. The Morgan fingerprint density at radius 2 is 1.79 bits per heavy atom. The summed E-state index contributed by atoms with van der Waals surface area (Å²) in [5.41, 5.74) is 2.64. The van der Waals surface area contributed by atoms with Crippen molar-refractivity contribution in [2.75, 3.05) is 13.9 Å². The smallest absolute Gasteiger partial charge is 0.244 e. The fourth-order valence-corrected chi connectivity index (χ4v) is 3.69. The Hall–Kier alpha value is -2.25. The summed E-state index contributed by atoms with van der Waals surface area (Å²) in [5, 5.41) is 0. The Balaban J connectivity index is 1.83. The van der Waals surface area contributed by atoms with Gasteiger partial charge >= 0.3 is 0 Å². The van der Waals surface area contributed by atoms with E-state index in [1.807, 2.05) is 13.8 Å². The maximum atomic E-state index is 12.6. The van der Waals surface area contributed by atoms with Crippen LogP contribution in [0.15, 0.2) is 35.2 Å². The van der Waals surface area contributed by atoms with E-state index in [1.165, 1.54) is 7.11 Å². The van der Waals surface area contributed by atoms with Crippen LogP contribution in [-0.2, 0) is 16.6 Å². The lowest BCUT2D eigenvalue weighted by atomic mass is 10.1. The minimum Gasteiger partial charge on any atom is -0.495 e. The van der Waals surface area contributed by atoms with Gasteiger partial charge in [0.25, 0.3) is 0 Å². The first-order valence-electron chi connectivity index (χ1n) is 7.44. The van der Waals surface area contributed by atoms with Gasteiger partial charge in [0.2, 0.25) is 16.8 Å². The summed E-state index contributed by atoms with van der Waals surface area (Å²) in [4.78, 5) is 0.133. The van der Waals surface area contributed by atoms with Gasteiger partial charge < -0.3 is 14.2 Å². The second-order valence-electron chi connectivity index (χ2n) is 5.60. The van der Waals surface area contributed by atoms with Gasteiger partial charge in [-0.2, -0.15) is 0 Å². The van der Waals surface area contributed by atoms with Crippen LogP contribution in [-0.4, -0.2) is 22.3 Å². The van der Waals surface area contributed by atoms with Gasteiger partial charge in [0, 0.05) is 6.54 Å². The Morgan fingerprint density at radius 1 is 1.08 bits per heavy atom. The molecule has 0 unspecified atom stereocenters. The van der Waals surface area contributed by atoms with Crippen molar-refractivity contribution in [3.05, 3.63) is 47.0 Å². The van der Waals surface area contributed by atoms with Gasteiger partial charge in [0.1, 0.15) is 10.6 Å². The van der Waals surface area contributed by atoms with E-state index in [0.717, 1.165) is 16.7 Å². The molecule has 0 radical (unpaired) electrons. The lowest BCUT2D eigenvalue weighted by Crippen LogP contribution is -2.24. The molecule has 1 N–H and O–H groups in total. The van der Waals surface area contributed by atoms with Crippen molar-refractivity contribution in [2.45, 2.75) is 25.3 Å². The van der Waals surface area contributed by atoms with E-state index in [1.54, 1.807) is 30.3 Å². The largest absolute Gasteiger partial charge is 0.495 e. The van der Waals surface area contributed by atoms with Gasteiger partial charge in [-0.1, -0.05) is 6.07 Å². The molecule has 0 fully saturated rings. The van der Waals surface area contributed by atoms with Crippen LogP contribution in [0.1, 0.15) is 16.7 Å². The van der Waals surface area contributed by atoms with Crippen LogP contribution >= 0.6 is 0 Å². The molecule has 1 aliphatic heterocycles. The number of benzene rings is 2. The maximum absolute atomic E-state index is 12.6. The normalized spacial score (nSPS) is 13.1. The first-order chi connectivity index (χ1) is 11.4. The third kappa shape index (κ3) is 3.18. The predicted octanol–water partition coefficient (Wildman–Crippen LogP) is 2.52. The average molecular weight is 349 g/mol. The van der Waals surface area contributed by atoms with Gasteiger partial charge in [-0.3, -0.25) is 0 Å². The van der Waals surface area contributed by atoms with Crippen LogP contribution < -0.4 is 18.9 Å². The quantitative estimate of drug-likeness (QED) is 0.898. The highest BCUT2D eigenvalue weighted by Gasteiger charge is 2.21. The Kier molecular flexibility index (Phi) is 4.38. The SMILES string of the molecule is COc1cc(C)c(C)cc1S(=O)(=O)NCc1ccc2c(c1)OCO2. The minimum atomic E-state index is -3.70. The lowest BCUT2D eigenvalue weighted by molar-refractivity contribution is 0.174. The predicted molar refractivity (Wildman–Crippen MR) is 89.1 cm³/mol. The molecule has 3 rings (SSSR count). The fraction of sp³-hybridized carbons (Fsp3) is 0.294. The molecule has 2 aromatic carbocycles. The van der Waals surface area contributed by atoms with Gasteiger partial charge in [0.05, 0.1) is 7.11 Å². The second-order valence-corrected chi connectivity index (χ2v) is 7.33. The number of hydrogen-bond donors (Lipinski definition) is 1. The van der Waals surface area contributed by atoms with E-state index in [-0.39, 0.29) is 18.2 Å². The van der Waals surface area contributed by atoms with Crippen LogP contribution in [0.4, 0.5) is 0 Å². The highest BCUT2D eigenvalue weighted by molar-refractivity contribution is 7.89. The van der Waals surface area contributed by atoms with E-state index in [9.17, 15) is 8.42 Å². The highest BCUT2D eigenvalue weighted by Crippen LogP contribution is 2.33. The van der Waals surface area contributed by atoms with Crippen LogP contribution in [0, 0.1) is 13.8 Å². The zero-order valence-electron chi connectivity index (χ0n) is 13.8. The maximum Gasteiger partial charge on any atom is 0.244 e. The van der Waals surface area contributed by atoms with Crippen LogP contribution in [0.5, 0.6) is 17.2 Å². The Labute approximate surface area is 141 Å². The summed E-state index contributed by atoms with van der Waals surface area (Å²) in [6.45, 7) is 4.11. The topological polar surface area (TPSA) is 73.9 Å². The summed E-state index contributed by atoms with van der Waals surface area (Å²) in [6, 6.07) is 8.68. The van der Waals surface area contributed by atoms with E-state index in [0.29, 0.717) is 17.2 Å². The molecular weight excluding hydrogens is 330 g/mol. The molecule has 0 bridgehead atoms. The standard InChI is InChI=1S/C17H19NO5S/c1-11-6-16(21-3)17(7-12(11)2)24(19,20)18-9-13-4-5-14-15(8-13)23-10-22-14/h4-8,18H,9-10H2,1-3H3. The van der Waals surface area contributed by atoms with Crippen molar-refractivity contribution in [3.63, 3.8) is 0 Å². The molecule has 0 spiro atoms. The Bertz CT molecular complexity index is 877. The van der Waals surface area contributed by atoms with Crippen LogP contribution in [0.25, 0.3) is 0 Å². The van der Waals surface area contributed by atoms with E-state index >= 15 is 0 Å². The van der Waals surface area contributed by atoms with Gasteiger partial charge in [-0.05, 0) is 54.8 Å². The molecule has 24 heavy (non-hydrogen) atoms. The van der Waals surface area contributed by atoms with Crippen molar-refractivity contribution in [2.24, 2.45) is 0 Å². The van der Waals surface area contributed by atoms with E-state index < -0.39 is 10.0 Å². The molecular formula is C17H19NO5S. The molecule has 0 amide bonds. The van der Waals surface area contributed by atoms with Crippen molar-refractivity contribution in [3.8, 4) is 17.2 Å². The van der Waals surface area contributed by atoms with Crippen molar-refractivity contribution in [1.29, 1.82) is 0 Å². The molecule has 128 valence electrons. The second kappa shape index (κ2) is 6.33. The van der Waals surface area contributed by atoms with Gasteiger partial charge in [0.15, 0.2) is 11.5 Å². The number of nitrogens with one attached hydrogen (secondary N) is 1. The molecule has 2 aromatic rings. The third-order valence-corrected chi connectivity index (χ3v) is 5.40. The number of fused-ring (bicyclic) bond motifs is 1. The van der Waals surface area contributed by atoms with Crippen LogP contribution in [0.3, 0.4) is 0 Å². The molecule has 1 heterocycles. The summed E-state index contributed by atoms with van der Waals surface area (Å²) in [5.74, 6) is 1.61. The molecule has 0 aliphatic carbocycles. The van der Waals surface area contributed by atoms with Crippen molar-refractivity contribution < 1.29 is 22.6 Å². The number of ether oxygens (including phenoxy) is 3. The van der Waals surface area contributed by atoms with Crippen molar-refractivity contribution in [1.82, 2.24) is 4.72 Å². The molecule has 1 aliphatic rings. The van der Waals surface area contributed by atoms with Crippen LogP contribution in [0.2, 0.25) is 0 Å². The first kappa shape index (κ1) is 16.6. The van der Waals surface area contributed by atoms with E-state index in [4.69, 9.17) is 14.2 Å². The van der Waals surface area contributed by atoms with Gasteiger partial charge in [-0.15, -0.1) is 0 Å². The number of hydrogen-bond acceptors (Lipinski definition) is 5. The molecule has 0 saturated carbocycles. The number of sulfonamides is 1. The minimum absolute atomic E-state index is 0.133. The summed E-state index contributed by atoms with van der Waals surface area (Å²) >= 11 is 0. The fourth-order valence-electron chi connectivity index (χ4n) is 2.44. The Morgan fingerprint density at radius 3 is 2.54 bits per heavy atom. The molecule has 0 saturated heterocycles. The summed E-state index contributed by atoms with van der Waals surface area (Å²) in [6.07, 6.45) is 0. The van der Waals surface area contributed by atoms with E-state index in [2.05, 4.69) is 4.72 Å². The molecule has 7 heteroatoms. The monoisotopic (exact) mass is 349 g/mol. The summed E-state index contributed by atoms with van der Waals surface area (Å²) in [7, 11) is -2.24. The highest BCUT2D eigenvalue weighted by atomic mass is 32.2. The van der Waals surface area contributed by atoms with Crippen molar-refractivity contribution >= 4 is 10.0 Å². The zero-order valence-corrected chi connectivity index (χ0v) is 14.6. The lowest BCUT2D eigenvalue weighted by Gasteiger charge is -2.13. The number of aryl methyl sites for hydroxylation is 2. The molecule has 6 nitrogen and oxygen atoms in total. The number of methoxy groups -OCH3 is 1. The average Bonchev–Trinajstić information content (AvgIpc) is 3.02. The summed E-state index contributed by atoms with van der Waals surface area (Å²) < 4.78 is 43.6. The van der Waals surface area contributed by atoms with Gasteiger partial charge in [-0.25, -0.2) is 13.1 Å². The zero-order chi connectivity index (χ0) is 17.3. The third-order valence-electron chi connectivity index (χ3n) is 3.97.